The molecule has 0 saturated heterocycles. The second-order valence-electron chi connectivity index (χ2n) is 4.07. The largest absolute Gasteiger partial charge is 0.429 e. The standard InChI is InChI=1S/C10H17BN3O2/c12-7-15-11-6-5-9-13-10(16-14-9)8-3-1-2-4-8/h8H,1-7,12H2. The van der Waals surface area contributed by atoms with Crippen molar-refractivity contribution in [1.29, 1.82) is 0 Å². The Morgan fingerprint density at radius 3 is 3.00 bits per heavy atom. The fourth-order valence-corrected chi connectivity index (χ4v) is 2.05. The van der Waals surface area contributed by atoms with Gasteiger partial charge in [0.15, 0.2) is 5.82 Å². The molecule has 1 fully saturated rings. The number of nitrogens with zero attached hydrogens (tertiary/aromatic N) is 2. The van der Waals surface area contributed by atoms with E-state index in [9.17, 15) is 0 Å². The van der Waals surface area contributed by atoms with Gasteiger partial charge in [-0.1, -0.05) is 18.0 Å². The smallest absolute Gasteiger partial charge is 0.294 e. The lowest BCUT2D eigenvalue weighted by Crippen LogP contribution is -2.08. The lowest BCUT2D eigenvalue weighted by molar-refractivity contribution is 0.345. The van der Waals surface area contributed by atoms with Crippen LogP contribution in [0.1, 0.15) is 43.3 Å². The molecule has 1 heterocycles. The molecule has 16 heavy (non-hydrogen) atoms. The summed E-state index contributed by atoms with van der Waals surface area (Å²) >= 11 is 0. The van der Waals surface area contributed by atoms with Gasteiger partial charge in [-0.25, -0.2) is 0 Å². The van der Waals surface area contributed by atoms with Gasteiger partial charge in [0.05, 0.1) is 6.73 Å². The summed E-state index contributed by atoms with van der Waals surface area (Å²) in [6.45, 7) is 0.222. The summed E-state index contributed by atoms with van der Waals surface area (Å²) < 4.78 is 10.2. The van der Waals surface area contributed by atoms with Crippen molar-refractivity contribution < 1.29 is 9.18 Å². The predicted molar refractivity (Wildman–Crippen MR) is 59.9 cm³/mol. The molecule has 1 saturated carbocycles. The van der Waals surface area contributed by atoms with Crippen molar-refractivity contribution in [2.24, 2.45) is 5.73 Å². The fraction of sp³-hybridized carbons (Fsp3) is 0.800. The molecule has 5 nitrogen and oxygen atoms in total. The minimum atomic E-state index is 0.222. The van der Waals surface area contributed by atoms with Crippen molar-refractivity contribution in [3.63, 3.8) is 0 Å². The summed E-state index contributed by atoms with van der Waals surface area (Å²) in [5.74, 6) is 2.07. The van der Waals surface area contributed by atoms with E-state index in [1.807, 2.05) is 0 Å². The fourth-order valence-electron chi connectivity index (χ4n) is 2.05. The van der Waals surface area contributed by atoms with Gasteiger partial charge >= 0.3 is 0 Å². The SMILES string of the molecule is NCO[B]CCc1noc(C2CCCC2)n1. The Morgan fingerprint density at radius 2 is 2.25 bits per heavy atom. The monoisotopic (exact) mass is 222 g/mol. The van der Waals surface area contributed by atoms with Gasteiger partial charge in [0.1, 0.15) is 0 Å². The highest BCUT2D eigenvalue weighted by Crippen LogP contribution is 2.32. The van der Waals surface area contributed by atoms with Crippen molar-refractivity contribution in [3.8, 4) is 0 Å². The summed E-state index contributed by atoms with van der Waals surface area (Å²) in [5.41, 5.74) is 5.19. The lowest BCUT2D eigenvalue weighted by Gasteiger charge is -1.99. The lowest BCUT2D eigenvalue weighted by atomic mass is 9.93. The van der Waals surface area contributed by atoms with Crippen LogP contribution >= 0.6 is 0 Å². The van der Waals surface area contributed by atoms with Crippen molar-refractivity contribution in [2.45, 2.75) is 44.3 Å². The van der Waals surface area contributed by atoms with E-state index in [1.165, 1.54) is 25.7 Å². The van der Waals surface area contributed by atoms with Gasteiger partial charge < -0.3 is 14.9 Å². The van der Waals surface area contributed by atoms with Crippen LogP contribution in [0.2, 0.25) is 6.32 Å². The quantitative estimate of drug-likeness (QED) is 0.445. The van der Waals surface area contributed by atoms with Crippen LogP contribution in [0.4, 0.5) is 0 Å². The van der Waals surface area contributed by atoms with Crippen LogP contribution in [-0.2, 0) is 11.1 Å². The molecule has 1 aromatic heterocycles. The molecule has 6 heteroatoms. The van der Waals surface area contributed by atoms with Crippen molar-refractivity contribution in [3.05, 3.63) is 11.7 Å². The molecule has 0 bridgehead atoms. The van der Waals surface area contributed by atoms with Crippen molar-refractivity contribution in [2.75, 3.05) is 6.73 Å². The maximum atomic E-state index is 5.27. The average Bonchev–Trinajstić information content (AvgIpc) is 2.94. The van der Waals surface area contributed by atoms with E-state index in [2.05, 4.69) is 10.1 Å². The second-order valence-corrected chi connectivity index (χ2v) is 4.07. The minimum absolute atomic E-state index is 0.222. The molecule has 0 amide bonds. The molecule has 0 spiro atoms. The zero-order chi connectivity index (χ0) is 11.2. The first kappa shape index (κ1) is 11.6. The molecule has 0 unspecified atom stereocenters. The van der Waals surface area contributed by atoms with Crippen LogP contribution in [-0.4, -0.2) is 24.4 Å². The maximum absolute atomic E-state index is 5.27. The molecule has 0 atom stereocenters. The van der Waals surface area contributed by atoms with Gasteiger partial charge in [0.25, 0.3) is 7.48 Å². The summed E-state index contributed by atoms with van der Waals surface area (Å²) in [6, 6.07) is 0. The molecule has 1 radical (unpaired) electrons. The van der Waals surface area contributed by atoms with Crippen molar-refractivity contribution in [1.82, 2.24) is 10.1 Å². The minimum Gasteiger partial charge on any atom is -0.429 e. The van der Waals surface area contributed by atoms with E-state index >= 15 is 0 Å². The number of hydrogen-bond acceptors (Lipinski definition) is 5. The Bertz CT molecular complexity index is 313. The third-order valence-electron chi connectivity index (χ3n) is 2.89. The summed E-state index contributed by atoms with van der Waals surface area (Å²) in [5, 5.41) is 3.97. The molecule has 2 N–H and O–H groups in total. The molecule has 0 aliphatic heterocycles. The third kappa shape index (κ3) is 3.06. The molecule has 2 rings (SSSR count). The second kappa shape index (κ2) is 6.01. The van der Waals surface area contributed by atoms with Crippen LogP contribution in [0, 0.1) is 0 Å². The number of hydrogen-bond donors (Lipinski definition) is 1. The molecule has 0 aromatic carbocycles. The van der Waals surface area contributed by atoms with E-state index in [-0.39, 0.29) is 6.73 Å². The third-order valence-corrected chi connectivity index (χ3v) is 2.89. The Kier molecular flexibility index (Phi) is 4.36. The first-order valence-electron chi connectivity index (χ1n) is 5.86. The molecule has 1 aliphatic rings. The van der Waals surface area contributed by atoms with Crippen LogP contribution in [0.3, 0.4) is 0 Å². The highest BCUT2D eigenvalue weighted by Gasteiger charge is 2.22. The average molecular weight is 222 g/mol. The summed E-state index contributed by atoms with van der Waals surface area (Å²) in [4.78, 5) is 4.41. The number of rotatable bonds is 6. The number of aryl methyl sites for hydroxylation is 1. The Balaban J connectivity index is 1.77. The van der Waals surface area contributed by atoms with E-state index in [0.717, 1.165) is 24.5 Å². The summed E-state index contributed by atoms with van der Waals surface area (Å²) in [7, 11) is 1.69. The highest BCUT2D eigenvalue weighted by atomic mass is 16.5. The van der Waals surface area contributed by atoms with Gasteiger partial charge in [-0.15, -0.1) is 0 Å². The van der Waals surface area contributed by atoms with E-state index in [1.54, 1.807) is 7.48 Å². The van der Waals surface area contributed by atoms with E-state index in [0.29, 0.717) is 5.92 Å². The normalized spacial score (nSPS) is 16.8. The van der Waals surface area contributed by atoms with Gasteiger partial charge in [-0.3, -0.25) is 0 Å². The van der Waals surface area contributed by atoms with Crippen LogP contribution in [0.5, 0.6) is 0 Å². The zero-order valence-corrected chi connectivity index (χ0v) is 9.39. The first-order chi connectivity index (χ1) is 7.90. The molecule has 87 valence electrons. The van der Waals surface area contributed by atoms with E-state index < -0.39 is 0 Å². The zero-order valence-electron chi connectivity index (χ0n) is 9.39. The highest BCUT2D eigenvalue weighted by molar-refractivity contribution is 6.27. The van der Waals surface area contributed by atoms with Crippen LogP contribution < -0.4 is 5.73 Å². The topological polar surface area (TPSA) is 74.2 Å². The summed E-state index contributed by atoms with van der Waals surface area (Å²) in [6.07, 6.45) is 6.44. The van der Waals surface area contributed by atoms with Gasteiger partial charge in [-0.05, 0) is 19.2 Å². The first-order valence-corrected chi connectivity index (χ1v) is 5.86. The number of aromatic nitrogens is 2. The maximum Gasteiger partial charge on any atom is 0.294 e. The van der Waals surface area contributed by atoms with E-state index in [4.69, 9.17) is 14.9 Å². The van der Waals surface area contributed by atoms with Gasteiger partial charge in [0.2, 0.25) is 5.89 Å². The Morgan fingerprint density at radius 1 is 1.44 bits per heavy atom. The molecule has 1 aromatic rings. The molecule has 1 aliphatic carbocycles. The molecular formula is C10H17BN3O2. The predicted octanol–water partition coefficient (Wildman–Crippen LogP) is 1.24. The van der Waals surface area contributed by atoms with Gasteiger partial charge in [-0.2, -0.15) is 4.98 Å². The van der Waals surface area contributed by atoms with Crippen LogP contribution in [0.25, 0.3) is 0 Å². The molecular weight excluding hydrogens is 205 g/mol. The number of nitrogens with two attached hydrogens (primary N) is 1. The Labute approximate surface area is 96.0 Å². The van der Waals surface area contributed by atoms with Crippen molar-refractivity contribution >= 4 is 7.48 Å². The Hall–Kier alpha value is -0.875. The van der Waals surface area contributed by atoms with Crippen LogP contribution in [0.15, 0.2) is 4.52 Å². The van der Waals surface area contributed by atoms with Gasteiger partial charge in [0, 0.05) is 12.3 Å².